The Bertz CT molecular complexity index is 682. The molecule has 0 radical (unpaired) electrons. The third-order valence-electron chi connectivity index (χ3n) is 4.54. The minimum absolute atomic E-state index is 0.109. The molecule has 2 aliphatic heterocycles. The van der Waals surface area contributed by atoms with Crippen LogP contribution >= 0.6 is 11.8 Å². The smallest absolute Gasteiger partial charge is 0.242 e. The Kier molecular flexibility index (Phi) is 4.22. The van der Waals surface area contributed by atoms with Gasteiger partial charge in [-0.2, -0.15) is 0 Å². The fourth-order valence-electron chi connectivity index (χ4n) is 3.17. The number of hydrogen-bond donors (Lipinski definition) is 2. The number of fused-ring (bicyclic) bond motifs is 1. The van der Waals surface area contributed by atoms with E-state index < -0.39 is 14.6 Å². The maximum absolute atomic E-state index is 12.8. The Hall–Kier alpha value is -1.05. The number of thioether (sulfide) groups is 1. The van der Waals surface area contributed by atoms with E-state index in [1.54, 1.807) is 11.8 Å². The van der Waals surface area contributed by atoms with E-state index in [0.29, 0.717) is 25.9 Å². The largest absolute Gasteiger partial charge is 0.347 e. The van der Waals surface area contributed by atoms with Crippen LogP contribution in [0.25, 0.3) is 0 Å². The highest BCUT2D eigenvalue weighted by Crippen LogP contribution is 2.38. The Morgan fingerprint density at radius 3 is 2.68 bits per heavy atom. The van der Waals surface area contributed by atoms with Crippen LogP contribution in [0.5, 0.6) is 0 Å². The summed E-state index contributed by atoms with van der Waals surface area (Å²) < 4.78 is 23.3. The van der Waals surface area contributed by atoms with Gasteiger partial charge in [0, 0.05) is 16.9 Å². The Balaban J connectivity index is 1.84. The minimum Gasteiger partial charge on any atom is -0.347 e. The maximum Gasteiger partial charge on any atom is 0.242 e. The topological polar surface area (TPSA) is 75.3 Å². The standard InChI is InChI=1S/C15H20N2O3S2/c1-22(19,20)15(6-8-16-9-7-15)14(18)17-12-10-21-13-5-3-2-4-11(12)13/h2-5,12,16H,6-10H2,1H3,(H,17,18). The summed E-state index contributed by atoms with van der Waals surface area (Å²) in [6.45, 7) is 1.10. The van der Waals surface area contributed by atoms with Crippen LogP contribution < -0.4 is 10.6 Å². The molecule has 5 nitrogen and oxygen atoms in total. The van der Waals surface area contributed by atoms with Gasteiger partial charge in [0.2, 0.25) is 5.91 Å². The number of nitrogens with one attached hydrogen (secondary N) is 2. The average molecular weight is 340 g/mol. The summed E-state index contributed by atoms with van der Waals surface area (Å²) in [5.41, 5.74) is 1.08. The third-order valence-corrected chi connectivity index (χ3v) is 7.74. The minimum atomic E-state index is -3.46. The van der Waals surface area contributed by atoms with Gasteiger partial charge in [-0.15, -0.1) is 11.8 Å². The van der Waals surface area contributed by atoms with Crippen molar-refractivity contribution < 1.29 is 13.2 Å². The summed E-state index contributed by atoms with van der Waals surface area (Å²) >= 11 is 1.69. The highest BCUT2D eigenvalue weighted by atomic mass is 32.2. The first-order valence-corrected chi connectivity index (χ1v) is 10.2. The first kappa shape index (κ1) is 15.8. The highest BCUT2D eigenvalue weighted by Gasteiger charge is 2.49. The van der Waals surface area contributed by atoms with Crippen LogP contribution in [0.4, 0.5) is 0 Å². The van der Waals surface area contributed by atoms with Crippen molar-refractivity contribution in [1.82, 2.24) is 10.6 Å². The van der Waals surface area contributed by atoms with Crippen LogP contribution in [-0.2, 0) is 14.6 Å². The lowest BCUT2D eigenvalue weighted by molar-refractivity contribution is -0.125. The van der Waals surface area contributed by atoms with Gasteiger partial charge in [-0.05, 0) is 37.6 Å². The Labute approximate surface area is 135 Å². The quantitative estimate of drug-likeness (QED) is 0.862. The molecule has 0 aliphatic carbocycles. The van der Waals surface area contributed by atoms with Crippen LogP contribution in [0.2, 0.25) is 0 Å². The average Bonchev–Trinajstić information content (AvgIpc) is 2.90. The van der Waals surface area contributed by atoms with E-state index in [9.17, 15) is 13.2 Å². The van der Waals surface area contributed by atoms with E-state index >= 15 is 0 Å². The number of hydrogen-bond acceptors (Lipinski definition) is 5. The second-order valence-corrected chi connectivity index (χ2v) is 9.28. The van der Waals surface area contributed by atoms with E-state index in [1.807, 2.05) is 24.3 Å². The monoisotopic (exact) mass is 340 g/mol. The molecule has 0 spiro atoms. The van der Waals surface area contributed by atoms with E-state index in [-0.39, 0.29) is 11.9 Å². The van der Waals surface area contributed by atoms with Gasteiger partial charge in [-0.1, -0.05) is 18.2 Å². The highest BCUT2D eigenvalue weighted by molar-refractivity contribution is 7.99. The van der Waals surface area contributed by atoms with Gasteiger partial charge in [-0.3, -0.25) is 4.79 Å². The zero-order chi connectivity index (χ0) is 15.8. The molecule has 22 heavy (non-hydrogen) atoms. The summed E-state index contributed by atoms with van der Waals surface area (Å²) in [7, 11) is -3.46. The fraction of sp³-hybridized carbons (Fsp3) is 0.533. The SMILES string of the molecule is CS(=O)(=O)C1(C(=O)NC2CSc3ccccc32)CCNCC1. The molecule has 7 heteroatoms. The molecular weight excluding hydrogens is 320 g/mol. The van der Waals surface area contributed by atoms with Crippen molar-refractivity contribution in [1.29, 1.82) is 0 Å². The number of sulfone groups is 1. The van der Waals surface area contributed by atoms with Crippen molar-refractivity contribution in [3.63, 3.8) is 0 Å². The van der Waals surface area contributed by atoms with E-state index in [2.05, 4.69) is 10.6 Å². The van der Waals surface area contributed by atoms with Gasteiger partial charge in [0.25, 0.3) is 0 Å². The molecule has 0 bridgehead atoms. The molecule has 1 unspecified atom stereocenters. The number of piperidine rings is 1. The zero-order valence-electron chi connectivity index (χ0n) is 12.5. The maximum atomic E-state index is 12.8. The Morgan fingerprint density at radius 1 is 1.32 bits per heavy atom. The molecule has 2 N–H and O–H groups in total. The summed E-state index contributed by atoms with van der Waals surface area (Å²) in [6.07, 6.45) is 1.84. The summed E-state index contributed by atoms with van der Waals surface area (Å²) in [6, 6.07) is 7.84. The number of rotatable bonds is 3. The molecule has 1 atom stereocenters. The van der Waals surface area contributed by atoms with Crippen molar-refractivity contribution in [2.75, 3.05) is 25.1 Å². The molecule has 1 aromatic carbocycles. The fourth-order valence-corrected chi connectivity index (χ4v) is 5.67. The molecule has 0 aromatic heterocycles. The lowest BCUT2D eigenvalue weighted by Gasteiger charge is -2.35. The van der Waals surface area contributed by atoms with Gasteiger partial charge in [0.15, 0.2) is 14.6 Å². The lowest BCUT2D eigenvalue weighted by atomic mass is 9.95. The van der Waals surface area contributed by atoms with Gasteiger partial charge < -0.3 is 10.6 Å². The molecule has 1 saturated heterocycles. The number of benzene rings is 1. The van der Waals surface area contributed by atoms with Crippen molar-refractivity contribution in [3.8, 4) is 0 Å². The molecule has 120 valence electrons. The summed E-state index contributed by atoms with van der Waals surface area (Å²) in [5, 5.41) is 6.11. The van der Waals surface area contributed by atoms with Crippen LogP contribution in [0, 0.1) is 0 Å². The molecule has 2 heterocycles. The zero-order valence-corrected chi connectivity index (χ0v) is 14.1. The first-order valence-electron chi connectivity index (χ1n) is 7.37. The lowest BCUT2D eigenvalue weighted by Crippen LogP contribution is -2.57. The van der Waals surface area contributed by atoms with Gasteiger partial charge in [0.05, 0.1) is 6.04 Å². The normalized spacial score (nSPS) is 23.8. The van der Waals surface area contributed by atoms with Crippen molar-refractivity contribution >= 4 is 27.5 Å². The van der Waals surface area contributed by atoms with Crippen LogP contribution in [0.15, 0.2) is 29.2 Å². The molecule has 1 fully saturated rings. The first-order chi connectivity index (χ1) is 10.4. The Morgan fingerprint density at radius 2 is 2.00 bits per heavy atom. The molecule has 0 saturated carbocycles. The molecule has 2 aliphatic rings. The van der Waals surface area contributed by atoms with Gasteiger partial charge in [0.1, 0.15) is 0 Å². The van der Waals surface area contributed by atoms with Crippen LogP contribution in [0.1, 0.15) is 24.4 Å². The molecule has 1 aromatic rings. The number of carbonyl (C=O) groups excluding carboxylic acids is 1. The van der Waals surface area contributed by atoms with Gasteiger partial charge in [-0.25, -0.2) is 8.42 Å². The van der Waals surface area contributed by atoms with Crippen LogP contribution in [0.3, 0.4) is 0 Å². The molecule has 3 rings (SSSR count). The second-order valence-electron chi connectivity index (χ2n) is 5.89. The van der Waals surface area contributed by atoms with Crippen molar-refractivity contribution in [2.24, 2.45) is 0 Å². The van der Waals surface area contributed by atoms with Gasteiger partial charge >= 0.3 is 0 Å². The predicted molar refractivity (Wildman–Crippen MR) is 87.7 cm³/mol. The van der Waals surface area contributed by atoms with Crippen LogP contribution in [-0.4, -0.2) is 44.2 Å². The number of carbonyl (C=O) groups is 1. The van der Waals surface area contributed by atoms with E-state index in [4.69, 9.17) is 0 Å². The molecular formula is C15H20N2O3S2. The summed E-state index contributed by atoms with van der Waals surface area (Å²) in [4.78, 5) is 14.0. The van der Waals surface area contributed by atoms with E-state index in [1.165, 1.54) is 6.26 Å². The number of amides is 1. The van der Waals surface area contributed by atoms with Crippen molar-refractivity contribution in [2.45, 2.75) is 28.5 Å². The van der Waals surface area contributed by atoms with E-state index in [0.717, 1.165) is 16.2 Å². The predicted octanol–water partition coefficient (Wildman–Crippen LogP) is 1.12. The third kappa shape index (κ3) is 2.66. The summed E-state index contributed by atoms with van der Waals surface area (Å²) in [5.74, 6) is 0.405. The molecule has 1 amide bonds. The second kappa shape index (κ2) is 5.86. The van der Waals surface area contributed by atoms with Crippen molar-refractivity contribution in [3.05, 3.63) is 29.8 Å².